The highest BCUT2D eigenvalue weighted by molar-refractivity contribution is 5.92. The second-order valence-corrected chi connectivity index (χ2v) is 14.5. The molecule has 0 aliphatic rings. The summed E-state index contributed by atoms with van der Waals surface area (Å²) in [5.74, 6) is -0.257. The van der Waals surface area contributed by atoms with Gasteiger partial charge in [0.2, 0.25) is 0 Å². The highest BCUT2D eigenvalue weighted by Crippen LogP contribution is 2.33. The Morgan fingerprint density at radius 3 is 1.36 bits per heavy atom. The summed E-state index contributed by atoms with van der Waals surface area (Å²) >= 11 is 0. The molecule has 47 heavy (non-hydrogen) atoms. The number of unbranched alkanes of at least 4 members (excludes halogenated alkanes) is 23. The number of esters is 1. The van der Waals surface area contributed by atoms with Gasteiger partial charge in [-0.25, -0.2) is 4.79 Å². The SMILES string of the molecule is CCCCCCCCCCCCCCCCCCCC(CCCCCCCCCC)OC(=O)[C@@](C)(OC)c1cccc2ccccc12. The normalized spacial score (nSPS) is 13.5. The van der Waals surface area contributed by atoms with Crippen molar-refractivity contribution in [3.05, 3.63) is 48.0 Å². The molecule has 268 valence electrons. The second-order valence-electron chi connectivity index (χ2n) is 14.5. The van der Waals surface area contributed by atoms with Crippen LogP contribution in [0.15, 0.2) is 42.5 Å². The van der Waals surface area contributed by atoms with E-state index in [4.69, 9.17) is 9.47 Å². The van der Waals surface area contributed by atoms with Gasteiger partial charge in [0.05, 0.1) is 0 Å². The van der Waals surface area contributed by atoms with Crippen LogP contribution >= 0.6 is 0 Å². The lowest BCUT2D eigenvalue weighted by Gasteiger charge is -2.30. The minimum Gasteiger partial charge on any atom is -0.460 e. The fourth-order valence-corrected chi connectivity index (χ4v) is 7.07. The van der Waals surface area contributed by atoms with Crippen LogP contribution in [0.4, 0.5) is 0 Å². The molecule has 0 heterocycles. The zero-order chi connectivity index (χ0) is 33.8. The van der Waals surface area contributed by atoms with Crippen molar-refractivity contribution >= 4 is 16.7 Å². The van der Waals surface area contributed by atoms with Gasteiger partial charge in [-0.1, -0.05) is 204 Å². The van der Waals surface area contributed by atoms with Crippen LogP contribution in [0, 0.1) is 0 Å². The largest absolute Gasteiger partial charge is 0.460 e. The van der Waals surface area contributed by atoms with Gasteiger partial charge in [-0.15, -0.1) is 0 Å². The van der Waals surface area contributed by atoms with Crippen molar-refractivity contribution in [2.45, 2.75) is 206 Å². The fraction of sp³-hybridized carbons (Fsp3) is 0.750. The summed E-state index contributed by atoms with van der Waals surface area (Å²) in [5.41, 5.74) is -0.251. The second kappa shape index (κ2) is 27.0. The van der Waals surface area contributed by atoms with Gasteiger partial charge in [-0.2, -0.15) is 0 Å². The van der Waals surface area contributed by atoms with Gasteiger partial charge < -0.3 is 9.47 Å². The zero-order valence-corrected chi connectivity index (χ0v) is 31.4. The minimum absolute atomic E-state index is 0.0385. The fourth-order valence-electron chi connectivity index (χ4n) is 7.07. The Balaban J connectivity index is 1.73. The van der Waals surface area contributed by atoms with E-state index in [1.54, 1.807) is 7.11 Å². The summed E-state index contributed by atoms with van der Waals surface area (Å²) in [6.07, 6.45) is 35.6. The first-order valence-corrected chi connectivity index (χ1v) is 20.3. The molecule has 0 bridgehead atoms. The molecule has 0 saturated carbocycles. The Bertz CT molecular complexity index is 1030. The predicted molar refractivity (Wildman–Crippen MR) is 204 cm³/mol. The molecule has 2 aromatic carbocycles. The van der Waals surface area contributed by atoms with Gasteiger partial charge >= 0.3 is 5.97 Å². The predicted octanol–water partition coefficient (Wildman–Crippen LogP) is 14.2. The van der Waals surface area contributed by atoms with Crippen molar-refractivity contribution in [1.29, 1.82) is 0 Å². The quantitative estimate of drug-likeness (QED) is 0.0602. The number of ether oxygens (including phenoxy) is 2. The molecule has 2 rings (SSSR count). The lowest BCUT2D eigenvalue weighted by atomic mass is 9.90. The van der Waals surface area contributed by atoms with E-state index in [9.17, 15) is 4.79 Å². The van der Waals surface area contributed by atoms with Crippen LogP contribution in [-0.4, -0.2) is 19.2 Å². The van der Waals surface area contributed by atoms with Crippen molar-refractivity contribution in [3.63, 3.8) is 0 Å². The molecule has 3 heteroatoms. The van der Waals surface area contributed by atoms with Crippen LogP contribution in [0.25, 0.3) is 10.8 Å². The Morgan fingerprint density at radius 2 is 0.936 bits per heavy atom. The number of benzene rings is 2. The van der Waals surface area contributed by atoms with E-state index < -0.39 is 5.60 Å². The maximum Gasteiger partial charge on any atom is 0.343 e. The number of methoxy groups -OCH3 is 1. The lowest BCUT2D eigenvalue weighted by molar-refractivity contribution is -0.174. The third kappa shape index (κ3) is 17.4. The molecule has 2 atom stereocenters. The zero-order valence-electron chi connectivity index (χ0n) is 31.4. The highest BCUT2D eigenvalue weighted by atomic mass is 16.6. The summed E-state index contributed by atoms with van der Waals surface area (Å²) in [6.45, 7) is 6.44. The van der Waals surface area contributed by atoms with Crippen LogP contribution in [-0.2, 0) is 19.9 Å². The molecule has 0 aliphatic heterocycles. The van der Waals surface area contributed by atoms with Gasteiger partial charge in [0.25, 0.3) is 0 Å². The van der Waals surface area contributed by atoms with E-state index >= 15 is 0 Å². The van der Waals surface area contributed by atoms with Crippen molar-refractivity contribution in [2.24, 2.45) is 0 Å². The van der Waals surface area contributed by atoms with Gasteiger partial charge in [-0.05, 0) is 43.4 Å². The molecule has 0 spiro atoms. The van der Waals surface area contributed by atoms with Crippen molar-refractivity contribution in [1.82, 2.24) is 0 Å². The van der Waals surface area contributed by atoms with E-state index in [0.29, 0.717) is 0 Å². The first-order valence-electron chi connectivity index (χ1n) is 20.3. The smallest absolute Gasteiger partial charge is 0.343 e. The maximum absolute atomic E-state index is 13.8. The Hall–Kier alpha value is -1.87. The summed E-state index contributed by atoms with van der Waals surface area (Å²) in [7, 11) is 1.63. The number of rotatable bonds is 31. The van der Waals surface area contributed by atoms with Gasteiger partial charge in [0.1, 0.15) is 6.10 Å². The third-order valence-electron chi connectivity index (χ3n) is 10.4. The van der Waals surface area contributed by atoms with Gasteiger partial charge in [-0.3, -0.25) is 0 Å². The molecule has 0 saturated heterocycles. The van der Waals surface area contributed by atoms with Crippen LogP contribution in [0.5, 0.6) is 0 Å². The molecule has 0 N–H and O–H groups in total. The number of fused-ring (bicyclic) bond motifs is 1. The Kier molecular flexibility index (Phi) is 23.7. The van der Waals surface area contributed by atoms with Gasteiger partial charge in [0, 0.05) is 12.7 Å². The minimum atomic E-state index is -1.13. The maximum atomic E-state index is 13.8. The third-order valence-corrected chi connectivity index (χ3v) is 10.4. The Morgan fingerprint density at radius 1 is 0.553 bits per heavy atom. The van der Waals surface area contributed by atoms with E-state index in [-0.39, 0.29) is 12.1 Å². The molecule has 1 unspecified atom stereocenters. The summed E-state index contributed by atoms with van der Waals surface area (Å²) in [4.78, 5) is 13.8. The van der Waals surface area contributed by atoms with E-state index in [2.05, 4.69) is 32.0 Å². The molecule has 0 fully saturated rings. The lowest BCUT2D eigenvalue weighted by Crippen LogP contribution is -2.38. The summed E-state index contributed by atoms with van der Waals surface area (Å²) in [5, 5.41) is 2.16. The number of hydrogen-bond donors (Lipinski definition) is 0. The molecular formula is C44H74O3. The summed E-state index contributed by atoms with van der Waals surface area (Å²) < 4.78 is 12.3. The molecule has 0 aliphatic carbocycles. The van der Waals surface area contributed by atoms with Crippen LogP contribution < -0.4 is 0 Å². The first-order chi connectivity index (χ1) is 23.1. The monoisotopic (exact) mass is 651 g/mol. The molecule has 2 aromatic rings. The molecule has 0 radical (unpaired) electrons. The van der Waals surface area contributed by atoms with E-state index in [1.165, 1.54) is 148 Å². The average Bonchev–Trinajstić information content (AvgIpc) is 3.09. The van der Waals surface area contributed by atoms with Crippen molar-refractivity contribution in [2.75, 3.05) is 7.11 Å². The number of carbonyl (C=O) groups is 1. The molecule has 0 amide bonds. The van der Waals surface area contributed by atoms with Crippen LogP contribution in [0.3, 0.4) is 0 Å². The standard InChI is InChI=1S/C44H74O3/c1-5-7-9-11-13-15-16-17-18-19-20-21-22-23-25-27-29-36-40(35-28-26-24-14-12-10-8-6-2)47-43(45)44(3,46-4)42-38-32-34-39-33-30-31-37-41(39)42/h30-34,37-38,40H,5-29,35-36H2,1-4H3/t40?,44-/m0/s1. The van der Waals surface area contributed by atoms with Crippen LogP contribution in [0.1, 0.15) is 200 Å². The van der Waals surface area contributed by atoms with Gasteiger partial charge in [0.15, 0.2) is 5.60 Å². The topological polar surface area (TPSA) is 35.5 Å². The first kappa shape index (κ1) is 41.3. The van der Waals surface area contributed by atoms with E-state index in [0.717, 1.165) is 42.0 Å². The molecule has 0 aromatic heterocycles. The molecular weight excluding hydrogens is 576 g/mol. The van der Waals surface area contributed by atoms with E-state index in [1.807, 2.05) is 31.2 Å². The average molecular weight is 651 g/mol. The number of hydrogen-bond acceptors (Lipinski definition) is 3. The Labute approximate surface area is 291 Å². The van der Waals surface area contributed by atoms with Crippen molar-refractivity contribution < 1.29 is 14.3 Å². The summed E-state index contributed by atoms with van der Waals surface area (Å²) in [6, 6.07) is 14.3. The number of carbonyl (C=O) groups excluding carboxylic acids is 1. The van der Waals surface area contributed by atoms with Crippen molar-refractivity contribution in [3.8, 4) is 0 Å². The highest BCUT2D eigenvalue weighted by Gasteiger charge is 2.39. The molecule has 3 nitrogen and oxygen atoms in total. The van der Waals surface area contributed by atoms with Crippen LogP contribution in [0.2, 0.25) is 0 Å².